The molecular weight excluding hydrogens is 242 g/mol. The van der Waals surface area contributed by atoms with Crippen molar-refractivity contribution in [1.29, 1.82) is 0 Å². The number of carbonyl (C=O) groups excluding carboxylic acids is 1. The van der Waals surface area contributed by atoms with Gasteiger partial charge < -0.3 is 20.7 Å². The second-order valence-electron chi connectivity index (χ2n) is 4.46. The van der Waals surface area contributed by atoms with Crippen LogP contribution in [0.3, 0.4) is 0 Å². The molecule has 0 aliphatic heterocycles. The van der Waals surface area contributed by atoms with Crippen molar-refractivity contribution in [2.75, 3.05) is 32.1 Å². The summed E-state index contributed by atoms with van der Waals surface area (Å²) in [6.07, 6.45) is 0. The third kappa shape index (κ3) is 5.28. The molecule has 0 aliphatic carbocycles. The average Bonchev–Trinajstić information content (AvgIpc) is 2.39. The normalized spacial score (nSPS) is 12.0. The first-order chi connectivity index (χ1) is 9.04. The van der Waals surface area contributed by atoms with Crippen molar-refractivity contribution in [3.63, 3.8) is 0 Å². The molecule has 0 saturated heterocycles. The summed E-state index contributed by atoms with van der Waals surface area (Å²) < 4.78 is 5.21. The molecule has 1 aromatic rings. The lowest BCUT2D eigenvalue weighted by molar-refractivity contribution is 0.128. The van der Waals surface area contributed by atoms with Gasteiger partial charge in [0.25, 0.3) is 0 Å². The predicted octanol–water partition coefficient (Wildman–Crippen LogP) is 2.21. The standard InChI is InChI=1S/C14H23N3O2/c1-4-19-10-9-17(3)14(18)16-13-7-5-12(6-8-13)11(2)15/h5-8,11H,4,9-10,15H2,1-3H3,(H,16,18). The summed E-state index contributed by atoms with van der Waals surface area (Å²) in [4.78, 5) is 13.5. The lowest BCUT2D eigenvalue weighted by Crippen LogP contribution is -2.34. The van der Waals surface area contributed by atoms with Crippen molar-refractivity contribution in [2.45, 2.75) is 19.9 Å². The van der Waals surface area contributed by atoms with E-state index in [0.29, 0.717) is 19.8 Å². The van der Waals surface area contributed by atoms with Crippen LogP contribution in [0.15, 0.2) is 24.3 Å². The average molecular weight is 265 g/mol. The van der Waals surface area contributed by atoms with E-state index in [0.717, 1.165) is 11.3 Å². The highest BCUT2D eigenvalue weighted by Crippen LogP contribution is 2.14. The summed E-state index contributed by atoms with van der Waals surface area (Å²) in [7, 11) is 1.74. The Labute approximate surface area is 114 Å². The Morgan fingerprint density at radius 3 is 2.58 bits per heavy atom. The third-order valence-electron chi connectivity index (χ3n) is 2.81. The lowest BCUT2D eigenvalue weighted by atomic mass is 10.1. The minimum atomic E-state index is -0.145. The maximum atomic E-state index is 11.9. The van der Waals surface area contributed by atoms with Crippen LogP contribution in [0.25, 0.3) is 0 Å². The molecule has 5 heteroatoms. The van der Waals surface area contributed by atoms with Gasteiger partial charge in [0.05, 0.1) is 6.61 Å². The van der Waals surface area contributed by atoms with Crippen molar-refractivity contribution in [3.05, 3.63) is 29.8 Å². The van der Waals surface area contributed by atoms with Crippen LogP contribution in [-0.2, 0) is 4.74 Å². The maximum absolute atomic E-state index is 11.9. The maximum Gasteiger partial charge on any atom is 0.321 e. The number of nitrogens with two attached hydrogens (primary N) is 1. The largest absolute Gasteiger partial charge is 0.380 e. The SMILES string of the molecule is CCOCCN(C)C(=O)Nc1ccc(C(C)N)cc1. The third-order valence-corrected chi connectivity index (χ3v) is 2.81. The second kappa shape index (κ2) is 7.76. The Kier molecular flexibility index (Phi) is 6.32. The number of anilines is 1. The van der Waals surface area contributed by atoms with Crippen LogP contribution in [0.2, 0.25) is 0 Å². The number of nitrogens with zero attached hydrogens (tertiary/aromatic N) is 1. The molecule has 0 heterocycles. The lowest BCUT2D eigenvalue weighted by Gasteiger charge is -2.18. The molecule has 0 aromatic heterocycles. The zero-order chi connectivity index (χ0) is 14.3. The first kappa shape index (κ1) is 15.5. The van der Waals surface area contributed by atoms with Gasteiger partial charge in [-0.15, -0.1) is 0 Å². The van der Waals surface area contributed by atoms with E-state index in [1.807, 2.05) is 38.1 Å². The predicted molar refractivity (Wildman–Crippen MR) is 77.2 cm³/mol. The Morgan fingerprint density at radius 1 is 1.42 bits per heavy atom. The molecule has 5 nitrogen and oxygen atoms in total. The molecule has 0 fully saturated rings. The van der Waals surface area contributed by atoms with Gasteiger partial charge >= 0.3 is 6.03 Å². The van der Waals surface area contributed by atoms with Crippen LogP contribution in [0, 0.1) is 0 Å². The molecule has 0 bridgehead atoms. The zero-order valence-electron chi connectivity index (χ0n) is 11.8. The van der Waals surface area contributed by atoms with Gasteiger partial charge in [-0.3, -0.25) is 0 Å². The van der Waals surface area contributed by atoms with Crippen LogP contribution in [0.4, 0.5) is 10.5 Å². The van der Waals surface area contributed by atoms with Crippen LogP contribution in [0.5, 0.6) is 0 Å². The fourth-order valence-electron chi connectivity index (χ4n) is 1.54. The van der Waals surface area contributed by atoms with Crippen molar-refractivity contribution in [1.82, 2.24) is 4.90 Å². The first-order valence-corrected chi connectivity index (χ1v) is 6.50. The molecule has 0 saturated carbocycles. The number of nitrogens with one attached hydrogen (secondary N) is 1. The number of hydrogen-bond acceptors (Lipinski definition) is 3. The molecule has 1 aromatic carbocycles. The molecular formula is C14H23N3O2. The van der Waals surface area contributed by atoms with Gasteiger partial charge in [0, 0.05) is 31.9 Å². The highest BCUT2D eigenvalue weighted by molar-refractivity contribution is 5.89. The molecule has 2 amide bonds. The molecule has 1 rings (SSSR count). The molecule has 1 atom stereocenters. The highest BCUT2D eigenvalue weighted by atomic mass is 16.5. The van der Waals surface area contributed by atoms with E-state index < -0.39 is 0 Å². The topological polar surface area (TPSA) is 67.6 Å². The minimum Gasteiger partial charge on any atom is -0.380 e. The van der Waals surface area contributed by atoms with Gasteiger partial charge in [-0.05, 0) is 31.5 Å². The van der Waals surface area contributed by atoms with Crippen molar-refractivity contribution < 1.29 is 9.53 Å². The van der Waals surface area contributed by atoms with Gasteiger partial charge in [-0.25, -0.2) is 4.79 Å². The number of hydrogen-bond donors (Lipinski definition) is 2. The van der Waals surface area contributed by atoms with E-state index in [2.05, 4.69) is 5.32 Å². The van der Waals surface area contributed by atoms with Crippen LogP contribution in [0.1, 0.15) is 25.5 Å². The van der Waals surface area contributed by atoms with Crippen molar-refractivity contribution in [2.24, 2.45) is 5.73 Å². The van der Waals surface area contributed by atoms with Crippen molar-refractivity contribution in [3.8, 4) is 0 Å². The van der Waals surface area contributed by atoms with Gasteiger partial charge in [-0.1, -0.05) is 12.1 Å². The summed E-state index contributed by atoms with van der Waals surface area (Å²) in [5, 5.41) is 2.83. The number of amides is 2. The van der Waals surface area contributed by atoms with E-state index in [4.69, 9.17) is 10.5 Å². The zero-order valence-corrected chi connectivity index (χ0v) is 11.8. The summed E-state index contributed by atoms with van der Waals surface area (Å²) in [5.41, 5.74) is 7.58. The smallest absolute Gasteiger partial charge is 0.321 e. The van der Waals surface area contributed by atoms with E-state index in [-0.39, 0.29) is 12.1 Å². The van der Waals surface area contributed by atoms with E-state index in [1.54, 1.807) is 11.9 Å². The fourth-order valence-corrected chi connectivity index (χ4v) is 1.54. The molecule has 19 heavy (non-hydrogen) atoms. The Bertz CT molecular complexity index is 390. The number of rotatable bonds is 6. The van der Waals surface area contributed by atoms with E-state index in [1.165, 1.54) is 0 Å². The monoisotopic (exact) mass is 265 g/mol. The Morgan fingerprint density at radius 2 is 2.05 bits per heavy atom. The van der Waals surface area contributed by atoms with E-state index >= 15 is 0 Å². The summed E-state index contributed by atoms with van der Waals surface area (Å²) in [6.45, 7) is 5.63. The number of benzene rings is 1. The molecule has 3 N–H and O–H groups in total. The molecule has 0 aliphatic rings. The van der Waals surface area contributed by atoms with Crippen LogP contribution >= 0.6 is 0 Å². The highest BCUT2D eigenvalue weighted by Gasteiger charge is 2.08. The molecule has 0 spiro atoms. The van der Waals surface area contributed by atoms with Crippen LogP contribution < -0.4 is 11.1 Å². The van der Waals surface area contributed by atoms with Gasteiger partial charge in [0.1, 0.15) is 0 Å². The summed E-state index contributed by atoms with van der Waals surface area (Å²) in [6, 6.07) is 7.40. The Balaban J connectivity index is 2.47. The molecule has 106 valence electrons. The number of urea groups is 1. The minimum absolute atomic E-state index is 0.00128. The second-order valence-corrected chi connectivity index (χ2v) is 4.46. The van der Waals surface area contributed by atoms with E-state index in [9.17, 15) is 4.79 Å². The van der Waals surface area contributed by atoms with Crippen molar-refractivity contribution >= 4 is 11.7 Å². The number of likely N-dealkylation sites (N-methyl/N-ethyl adjacent to an activating group) is 1. The first-order valence-electron chi connectivity index (χ1n) is 6.50. The molecule has 1 unspecified atom stereocenters. The van der Waals surface area contributed by atoms with Crippen LogP contribution in [-0.4, -0.2) is 37.7 Å². The van der Waals surface area contributed by atoms with Gasteiger partial charge in [-0.2, -0.15) is 0 Å². The van der Waals surface area contributed by atoms with Gasteiger partial charge in [0.2, 0.25) is 0 Å². The fraction of sp³-hybridized carbons (Fsp3) is 0.500. The summed E-state index contributed by atoms with van der Waals surface area (Å²) in [5.74, 6) is 0. The number of ether oxygens (including phenoxy) is 1. The van der Waals surface area contributed by atoms with Gasteiger partial charge in [0.15, 0.2) is 0 Å². The quantitative estimate of drug-likeness (QED) is 0.775. The Hall–Kier alpha value is -1.59. The number of carbonyl (C=O) groups is 1. The molecule has 0 radical (unpaired) electrons. The summed E-state index contributed by atoms with van der Waals surface area (Å²) >= 11 is 0.